The molecule has 1 aromatic carbocycles. The number of fused-ring (bicyclic) bond motifs is 1. The van der Waals surface area contributed by atoms with Crippen molar-refractivity contribution in [1.82, 2.24) is 16.0 Å². The molecule has 42 heavy (non-hydrogen) atoms. The van der Waals surface area contributed by atoms with Crippen molar-refractivity contribution in [2.45, 2.75) is 95.4 Å². The minimum absolute atomic E-state index is 0.121. The highest BCUT2D eigenvalue weighted by molar-refractivity contribution is 5.98. The Hall–Kier alpha value is -3.18. The highest BCUT2D eigenvalue weighted by Crippen LogP contribution is 2.34. The molecule has 3 aliphatic heterocycles. The van der Waals surface area contributed by atoms with Gasteiger partial charge in [-0.3, -0.25) is 19.2 Å². The van der Waals surface area contributed by atoms with E-state index in [1.165, 1.54) is 0 Å². The highest BCUT2D eigenvalue weighted by atomic mass is 16.7. The summed E-state index contributed by atoms with van der Waals surface area (Å²) in [7, 11) is 0. The minimum atomic E-state index is -0.987. The molecule has 11 nitrogen and oxygen atoms in total. The van der Waals surface area contributed by atoms with Gasteiger partial charge in [-0.2, -0.15) is 0 Å². The molecule has 0 bridgehead atoms. The lowest BCUT2D eigenvalue weighted by Gasteiger charge is -2.27. The first-order valence-electron chi connectivity index (χ1n) is 15.2. The number of Topliss-reactive ketones (excluding diaryl/α,β-unsaturated/α-hetero) is 1. The monoisotopic (exact) mass is 585 g/mol. The van der Waals surface area contributed by atoms with Crippen LogP contribution in [0.1, 0.15) is 70.8 Å². The number of hydrogen-bond donors (Lipinski definition) is 3. The molecule has 1 saturated carbocycles. The molecule has 3 amide bonds. The SMILES string of the molecule is C[C@H](NC(=O)CC1CCOCC1)C(=O)N[C@@H](Cc1ccc2c(c1)OCO2)C(=O)N[C@@H](CC1CCCC1)C(=O)[C@@]1(C)CO1. The maximum Gasteiger partial charge on any atom is 0.243 e. The van der Waals surface area contributed by atoms with Gasteiger partial charge in [0.25, 0.3) is 0 Å². The predicted molar refractivity (Wildman–Crippen MR) is 152 cm³/mol. The van der Waals surface area contributed by atoms with Crippen LogP contribution in [0.5, 0.6) is 11.5 Å². The van der Waals surface area contributed by atoms with Gasteiger partial charge in [0.1, 0.15) is 17.7 Å². The molecule has 4 atom stereocenters. The summed E-state index contributed by atoms with van der Waals surface area (Å²) in [5, 5.41) is 8.57. The molecule has 5 rings (SSSR count). The number of amides is 3. The van der Waals surface area contributed by atoms with Crippen LogP contribution in [-0.2, 0) is 35.1 Å². The summed E-state index contributed by atoms with van der Waals surface area (Å²) in [6, 6.07) is 2.83. The Bertz CT molecular complexity index is 1160. The smallest absolute Gasteiger partial charge is 0.243 e. The maximum atomic E-state index is 13.8. The zero-order chi connectivity index (χ0) is 29.7. The Morgan fingerprint density at radius 3 is 2.31 bits per heavy atom. The topological polar surface area (TPSA) is 145 Å². The second kappa shape index (κ2) is 13.4. The fourth-order valence-corrected chi connectivity index (χ4v) is 6.09. The zero-order valence-corrected chi connectivity index (χ0v) is 24.6. The van der Waals surface area contributed by atoms with Crippen LogP contribution in [0.3, 0.4) is 0 Å². The van der Waals surface area contributed by atoms with Crippen LogP contribution in [0.15, 0.2) is 18.2 Å². The lowest BCUT2D eigenvalue weighted by molar-refractivity contribution is -0.134. The van der Waals surface area contributed by atoms with E-state index < -0.39 is 35.5 Å². The van der Waals surface area contributed by atoms with Crippen molar-refractivity contribution in [2.75, 3.05) is 26.6 Å². The second-order valence-corrected chi connectivity index (χ2v) is 12.3. The molecule has 3 fully saturated rings. The number of benzene rings is 1. The third kappa shape index (κ3) is 7.80. The summed E-state index contributed by atoms with van der Waals surface area (Å²) in [5.41, 5.74) is -0.123. The average molecular weight is 586 g/mol. The molecule has 11 heteroatoms. The van der Waals surface area contributed by atoms with Crippen molar-refractivity contribution in [3.63, 3.8) is 0 Å². The van der Waals surface area contributed by atoms with E-state index in [0.717, 1.165) is 44.1 Å². The molecule has 230 valence electrons. The van der Waals surface area contributed by atoms with E-state index in [2.05, 4.69) is 16.0 Å². The number of carbonyl (C=O) groups is 4. The van der Waals surface area contributed by atoms with E-state index in [1.807, 2.05) is 6.07 Å². The van der Waals surface area contributed by atoms with Crippen LogP contribution >= 0.6 is 0 Å². The Morgan fingerprint density at radius 2 is 1.60 bits per heavy atom. The molecule has 4 aliphatic rings. The first-order valence-corrected chi connectivity index (χ1v) is 15.2. The highest BCUT2D eigenvalue weighted by Gasteiger charge is 2.50. The van der Waals surface area contributed by atoms with Crippen molar-refractivity contribution < 1.29 is 38.1 Å². The Kier molecular flexibility index (Phi) is 9.67. The van der Waals surface area contributed by atoms with Crippen molar-refractivity contribution in [2.24, 2.45) is 11.8 Å². The predicted octanol–water partition coefficient (Wildman–Crippen LogP) is 2.19. The van der Waals surface area contributed by atoms with Crippen LogP contribution in [0.4, 0.5) is 0 Å². The molecular formula is C31H43N3O8. The molecule has 1 aromatic rings. The van der Waals surface area contributed by atoms with Gasteiger partial charge in [0, 0.05) is 26.1 Å². The third-order valence-corrected chi connectivity index (χ3v) is 8.87. The summed E-state index contributed by atoms with van der Waals surface area (Å²) >= 11 is 0. The Morgan fingerprint density at radius 1 is 0.905 bits per heavy atom. The first kappa shape index (κ1) is 30.3. The zero-order valence-electron chi connectivity index (χ0n) is 24.6. The number of ether oxygens (including phenoxy) is 4. The molecule has 0 spiro atoms. The van der Waals surface area contributed by atoms with Crippen LogP contribution in [0.2, 0.25) is 0 Å². The van der Waals surface area contributed by atoms with Crippen LogP contribution in [-0.4, -0.2) is 73.8 Å². The number of rotatable bonds is 13. The number of carbonyl (C=O) groups excluding carboxylic acids is 4. The van der Waals surface area contributed by atoms with Crippen LogP contribution in [0.25, 0.3) is 0 Å². The molecule has 2 saturated heterocycles. The number of nitrogens with one attached hydrogen (secondary N) is 3. The van der Waals surface area contributed by atoms with Crippen LogP contribution < -0.4 is 25.4 Å². The standard InChI is InChI=1S/C31H43N3O8/c1-19(32-27(35)16-21-9-11-39-12-10-21)29(37)34-24(14-22-7-8-25-26(15-22)41-18-40-25)30(38)33-23(13-20-5-3-4-6-20)28(36)31(2)17-42-31/h7-8,15,19-21,23-24H,3-6,9-14,16-18H2,1-2H3,(H,32,35)(H,33,38)(H,34,37)/t19-,23-,24-,31+/m0/s1. The molecule has 0 unspecified atom stereocenters. The van der Waals surface area contributed by atoms with Crippen molar-refractivity contribution in [3.05, 3.63) is 23.8 Å². The lowest BCUT2D eigenvalue weighted by Crippen LogP contribution is -2.57. The number of epoxide rings is 1. The maximum absolute atomic E-state index is 13.8. The van der Waals surface area contributed by atoms with Gasteiger partial charge in [0.05, 0.1) is 12.6 Å². The number of hydrogen-bond acceptors (Lipinski definition) is 8. The van der Waals surface area contributed by atoms with E-state index in [4.69, 9.17) is 18.9 Å². The first-order chi connectivity index (χ1) is 20.2. The van der Waals surface area contributed by atoms with Crippen LogP contribution in [0, 0.1) is 11.8 Å². The lowest BCUT2D eigenvalue weighted by atomic mass is 9.90. The summed E-state index contributed by atoms with van der Waals surface area (Å²) < 4.78 is 21.7. The third-order valence-electron chi connectivity index (χ3n) is 8.87. The molecule has 3 N–H and O–H groups in total. The fraction of sp³-hybridized carbons (Fsp3) is 0.677. The van der Waals surface area contributed by atoms with Gasteiger partial charge < -0.3 is 34.9 Å². The van der Waals surface area contributed by atoms with Crippen molar-refractivity contribution >= 4 is 23.5 Å². The van der Waals surface area contributed by atoms with Gasteiger partial charge in [0.2, 0.25) is 24.5 Å². The van der Waals surface area contributed by atoms with Gasteiger partial charge in [0.15, 0.2) is 17.3 Å². The quantitative estimate of drug-likeness (QED) is 0.299. The fourth-order valence-electron chi connectivity index (χ4n) is 6.09. The normalized spacial score (nSPS) is 24.0. The van der Waals surface area contributed by atoms with Gasteiger partial charge in [-0.15, -0.1) is 0 Å². The molecule has 0 radical (unpaired) electrons. The van der Waals surface area contributed by atoms with Gasteiger partial charge in [-0.25, -0.2) is 0 Å². The van der Waals surface area contributed by atoms with Gasteiger partial charge >= 0.3 is 0 Å². The minimum Gasteiger partial charge on any atom is -0.454 e. The van der Waals surface area contributed by atoms with Gasteiger partial charge in [-0.1, -0.05) is 31.7 Å². The summed E-state index contributed by atoms with van der Waals surface area (Å²) in [5.74, 6) is 0.490. The van der Waals surface area contributed by atoms with E-state index in [1.54, 1.807) is 26.0 Å². The second-order valence-electron chi connectivity index (χ2n) is 12.3. The average Bonchev–Trinajstić information content (AvgIpc) is 3.32. The number of ketones is 1. The summed E-state index contributed by atoms with van der Waals surface area (Å²) in [6.07, 6.45) is 6.96. The van der Waals surface area contributed by atoms with E-state index in [9.17, 15) is 19.2 Å². The van der Waals surface area contributed by atoms with E-state index >= 15 is 0 Å². The summed E-state index contributed by atoms with van der Waals surface area (Å²) in [6.45, 7) is 5.09. The molecule has 0 aromatic heterocycles. The van der Waals surface area contributed by atoms with E-state index in [-0.39, 0.29) is 30.8 Å². The largest absolute Gasteiger partial charge is 0.454 e. The Labute approximate surface area is 246 Å². The summed E-state index contributed by atoms with van der Waals surface area (Å²) in [4.78, 5) is 53.1. The molecule has 3 heterocycles. The van der Waals surface area contributed by atoms with Crippen molar-refractivity contribution in [3.8, 4) is 11.5 Å². The van der Waals surface area contributed by atoms with Crippen molar-refractivity contribution in [1.29, 1.82) is 0 Å². The molecular weight excluding hydrogens is 542 g/mol. The van der Waals surface area contributed by atoms with Gasteiger partial charge in [-0.05, 0) is 62.6 Å². The molecule has 1 aliphatic carbocycles. The Balaban J connectivity index is 1.27. The van der Waals surface area contributed by atoms with E-state index in [0.29, 0.717) is 50.1 Å².